The zero-order chi connectivity index (χ0) is 45.5. The zero-order valence-corrected chi connectivity index (χ0v) is 40.3. The van der Waals surface area contributed by atoms with Gasteiger partial charge in [0.15, 0.2) is 0 Å². The molecule has 0 aliphatic heterocycles. The van der Waals surface area contributed by atoms with Crippen LogP contribution < -0.4 is 5.73 Å². The van der Waals surface area contributed by atoms with Crippen LogP contribution in [0.1, 0.15) is 213 Å². The van der Waals surface area contributed by atoms with Gasteiger partial charge in [0.2, 0.25) is 0 Å². The molecule has 0 aliphatic carbocycles. The minimum Gasteiger partial charge on any atom is -0.480 e. The summed E-state index contributed by atoms with van der Waals surface area (Å²) in [6, 6.07) is -1.48. The summed E-state index contributed by atoms with van der Waals surface area (Å²) in [5.74, 6) is -1.78. The van der Waals surface area contributed by atoms with E-state index in [0.29, 0.717) is 13.0 Å². The van der Waals surface area contributed by atoms with Crippen LogP contribution in [0.4, 0.5) is 0 Å². The van der Waals surface area contributed by atoms with Crippen molar-refractivity contribution in [2.24, 2.45) is 5.73 Å². The van der Waals surface area contributed by atoms with Gasteiger partial charge in [0, 0.05) is 13.0 Å². The third-order valence-corrected chi connectivity index (χ3v) is 11.5. The van der Waals surface area contributed by atoms with E-state index in [1.54, 1.807) is 0 Å². The summed E-state index contributed by atoms with van der Waals surface area (Å²) in [6.45, 7) is 3.76. The SMILES string of the molecule is CC/C=C\C/C=C\C/C=C\C/C=C\CCCCCCCCCCCOCC(COP(=O)(O)OCC(N)C(=O)O)OC(=O)CCCCCCCCC/C=C\CCCCCCCCC. The largest absolute Gasteiger partial charge is 0.480 e. The van der Waals surface area contributed by atoms with Crippen LogP contribution in [-0.2, 0) is 32.7 Å². The highest BCUT2D eigenvalue weighted by Gasteiger charge is 2.27. The minimum absolute atomic E-state index is 0.00953. The van der Waals surface area contributed by atoms with Gasteiger partial charge in [-0.2, -0.15) is 0 Å². The van der Waals surface area contributed by atoms with Crippen LogP contribution >= 0.6 is 7.82 Å². The molecule has 0 rings (SSSR count). The number of ether oxygens (including phenoxy) is 2. The first-order valence-corrected chi connectivity index (χ1v) is 26.3. The van der Waals surface area contributed by atoms with Gasteiger partial charge in [-0.3, -0.25) is 18.6 Å². The fourth-order valence-corrected chi connectivity index (χ4v) is 7.49. The molecule has 10 nitrogen and oxygen atoms in total. The van der Waals surface area contributed by atoms with Gasteiger partial charge in [0.1, 0.15) is 12.1 Å². The number of phosphoric acid groups is 1. The first-order valence-electron chi connectivity index (χ1n) is 24.8. The van der Waals surface area contributed by atoms with E-state index in [9.17, 15) is 19.0 Å². The molecule has 0 saturated heterocycles. The third kappa shape index (κ3) is 45.7. The van der Waals surface area contributed by atoms with Crippen LogP contribution in [0.3, 0.4) is 0 Å². The van der Waals surface area contributed by atoms with Crippen LogP contribution in [0.25, 0.3) is 0 Å². The predicted molar refractivity (Wildman–Crippen MR) is 258 cm³/mol. The quantitative estimate of drug-likeness (QED) is 0.0233. The molecule has 0 spiro atoms. The second-order valence-electron chi connectivity index (χ2n) is 16.6. The maximum Gasteiger partial charge on any atom is 0.472 e. The predicted octanol–water partition coefficient (Wildman–Crippen LogP) is 14.4. The maximum absolute atomic E-state index is 12.7. The lowest BCUT2D eigenvalue weighted by Crippen LogP contribution is -2.34. The highest BCUT2D eigenvalue weighted by molar-refractivity contribution is 7.47. The smallest absolute Gasteiger partial charge is 0.472 e. The van der Waals surface area contributed by atoms with Crippen LogP contribution in [0, 0.1) is 0 Å². The lowest BCUT2D eigenvalue weighted by atomic mass is 10.1. The normalized spacial score (nSPS) is 14.3. The highest BCUT2D eigenvalue weighted by atomic mass is 31.2. The van der Waals surface area contributed by atoms with E-state index >= 15 is 0 Å². The standard InChI is InChI=1S/C51H92NO9P/c1-3-5-7-9-11-13-15-17-19-21-23-24-25-26-28-30-32-34-36-38-40-42-44-58-45-48(46-59-62(56,57)60-47-49(52)51(54)55)61-50(53)43-41-39-37-35-33-31-29-27-22-20-18-16-14-12-10-8-6-4-2/h5,7,11,13,17,19-20,22-24,48-49H,3-4,6,8-10,12,14-16,18,21,25-47,52H2,1-2H3,(H,54,55)(H,56,57)/b7-5-,13-11-,19-17-,22-20-,24-23-. The van der Waals surface area contributed by atoms with E-state index in [2.05, 4.69) is 74.6 Å². The van der Waals surface area contributed by atoms with Crippen molar-refractivity contribution in [3.05, 3.63) is 60.8 Å². The second-order valence-corrected chi connectivity index (χ2v) is 18.0. The molecule has 0 amide bonds. The fraction of sp³-hybridized carbons (Fsp3) is 0.765. The van der Waals surface area contributed by atoms with Crippen LogP contribution in [0.2, 0.25) is 0 Å². The molecule has 0 bridgehead atoms. The molecule has 4 N–H and O–H groups in total. The number of allylic oxidation sites excluding steroid dienone is 10. The number of rotatable bonds is 47. The third-order valence-electron chi connectivity index (χ3n) is 10.5. The number of carbonyl (C=O) groups excluding carboxylic acids is 1. The van der Waals surface area contributed by atoms with Crippen molar-refractivity contribution < 1.29 is 42.7 Å². The number of hydrogen-bond donors (Lipinski definition) is 3. The van der Waals surface area contributed by atoms with Crippen molar-refractivity contribution in [3.8, 4) is 0 Å². The lowest BCUT2D eigenvalue weighted by molar-refractivity contribution is -0.154. The Balaban J connectivity index is 4.18. The van der Waals surface area contributed by atoms with Gasteiger partial charge >= 0.3 is 19.8 Å². The Morgan fingerprint density at radius 2 is 0.935 bits per heavy atom. The van der Waals surface area contributed by atoms with Gasteiger partial charge in [-0.15, -0.1) is 0 Å². The lowest BCUT2D eigenvalue weighted by Gasteiger charge is -2.20. The molecule has 0 aromatic carbocycles. The monoisotopic (exact) mass is 894 g/mol. The molecular formula is C51H92NO9P. The Morgan fingerprint density at radius 3 is 1.42 bits per heavy atom. The number of hydrogen-bond acceptors (Lipinski definition) is 8. The molecule has 62 heavy (non-hydrogen) atoms. The van der Waals surface area contributed by atoms with Crippen molar-refractivity contribution >= 4 is 19.8 Å². The maximum atomic E-state index is 12.7. The van der Waals surface area contributed by atoms with Crippen molar-refractivity contribution in [2.45, 2.75) is 225 Å². The van der Waals surface area contributed by atoms with E-state index in [1.165, 1.54) is 109 Å². The summed E-state index contributed by atoms with van der Waals surface area (Å²) in [6.07, 6.45) is 57.0. The molecule has 360 valence electrons. The van der Waals surface area contributed by atoms with Crippen LogP contribution in [0.5, 0.6) is 0 Å². The number of nitrogens with two attached hydrogens (primary N) is 1. The number of carboxylic acid groups (broad SMARTS) is 1. The summed E-state index contributed by atoms with van der Waals surface area (Å²) in [4.78, 5) is 33.7. The fourth-order valence-electron chi connectivity index (χ4n) is 6.71. The molecule has 0 fully saturated rings. The Labute approximate surface area is 379 Å². The van der Waals surface area contributed by atoms with Gasteiger partial charge in [-0.25, -0.2) is 4.57 Å². The molecular weight excluding hydrogens is 802 g/mol. The van der Waals surface area contributed by atoms with Crippen LogP contribution in [-0.4, -0.2) is 60.5 Å². The van der Waals surface area contributed by atoms with E-state index in [1.807, 2.05) is 0 Å². The zero-order valence-electron chi connectivity index (χ0n) is 39.5. The average molecular weight is 894 g/mol. The Kier molecular flexibility index (Phi) is 44.9. The highest BCUT2D eigenvalue weighted by Crippen LogP contribution is 2.43. The van der Waals surface area contributed by atoms with E-state index in [-0.39, 0.29) is 13.0 Å². The first kappa shape index (κ1) is 59.7. The van der Waals surface area contributed by atoms with E-state index in [4.69, 9.17) is 29.4 Å². The molecule has 11 heteroatoms. The molecule has 3 atom stereocenters. The van der Waals surface area contributed by atoms with Crippen molar-refractivity contribution in [2.75, 3.05) is 26.4 Å². The molecule has 0 saturated carbocycles. The first-order chi connectivity index (χ1) is 30.2. The minimum atomic E-state index is -4.63. The molecule has 0 heterocycles. The Hall–Kier alpha value is -2.33. The Bertz CT molecular complexity index is 1220. The summed E-state index contributed by atoms with van der Waals surface area (Å²) in [7, 11) is -4.63. The van der Waals surface area contributed by atoms with Crippen molar-refractivity contribution in [1.82, 2.24) is 0 Å². The molecule has 0 radical (unpaired) electrons. The average Bonchev–Trinajstić information content (AvgIpc) is 3.25. The number of unbranched alkanes of at least 4 members (excludes halogenated alkanes) is 23. The number of phosphoric ester groups is 1. The van der Waals surface area contributed by atoms with Crippen LogP contribution in [0.15, 0.2) is 60.8 Å². The van der Waals surface area contributed by atoms with E-state index in [0.717, 1.165) is 77.0 Å². The van der Waals surface area contributed by atoms with Gasteiger partial charge in [-0.1, -0.05) is 190 Å². The molecule has 0 aromatic heterocycles. The summed E-state index contributed by atoms with van der Waals surface area (Å²) in [5.41, 5.74) is 5.37. The van der Waals surface area contributed by atoms with Gasteiger partial charge in [0.25, 0.3) is 0 Å². The van der Waals surface area contributed by atoms with E-state index < -0.39 is 45.1 Å². The number of aliphatic carboxylic acids is 1. The summed E-state index contributed by atoms with van der Waals surface area (Å²) < 4.78 is 33.5. The van der Waals surface area contributed by atoms with Crippen molar-refractivity contribution in [3.63, 3.8) is 0 Å². The number of esters is 1. The second kappa shape index (κ2) is 46.7. The Morgan fingerprint density at radius 1 is 0.532 bits per heavy atom. The molecule has 0 aromatic rings. The topological polar surface area (TPSA) is 155 Å². The van der Waals surface area contributed by atoms with Gasteiger partial charge in [-0.05, 0) is 77.0 Å². The summed E-state index contributed by atoms with van der Waals surface area (Å²) in [5, 5.41) is 8.92. The number of carbonyl (C=O) groups is 2. The van der Waals surface area contributed by atoms with Gasteiger partial charge < -0.3 is 25.2 Å². The summed E-state index contributed by atoms with van der Waals surface area (Å²) >= 11 is 0. The van der Waals surface area contributed by atoms with Crippen molar-refractivity contribution in [1.29, 1.82) is 0 Å². The number of carboxylic acids is 1. The molecule has 3 unspecified atom stereocenters. The van der Waals surface area contributed by atoms with Gasteiger partial charge in [0.05, 0.1) is 19.8 Å². The molecule has 0 aliphatic rings.